The minimum Gasteiger partial charge on any atom is -0.497 e. The van der Waals surface area contributed by atoms with Crippen LogP contribution in [0.25, 0.3) is 0 Å². The summed E-state index contributed by atoms with van der Waals surface area (Å²) in [5, 5.41) is 6.77. The lowest BCUT2D eigenvalue weighted by Crippen LogP contribution is -2.44. The number of nitrogens with one attached hydrogen (secondary N) is 2. The molecule has 2 rings (SSSR count). The van der Waals surface area contributed by atoms with E-state index in [1.165, 1.54) is 5.56 Å². The number of guanidine groups is 1. The van der Waals surface area contributed by atoms with Crippen LogP contribution in [-0.2, 0) is 11.2 Å². The zero-order valence-electron chi connectivity index (χ0n) is 16.0. The van der Waals surface area contributed by atoms with Gasteiger partial charge >= 0.3 is 0 Å². The fourth-order valence-electron chi connectivity index (χ4n) is 2.83. The predicted octanol–water partition coefficient (Wildman–Crippen LogP) is 2.13. The molecule has 0 radical (unpaired) electrons. The molecule has 0 spiro atoms. The van der Waals surface area contributed by atoms with Gasteiger partial charge in [-0.3, -0.25) is 9.89 Å². The highest BCUT2D eigenvalue weighted by molar-refractivity contribution is 14.0. The Morgan fingerprint density at radius 1 is 1.12 bits per heavy atom. The van der Waals surface area contributed by atoms with Crippen LogP contribution in [0, 0.1) is 0 Å². The Balaban J connectivity index is 0.00000338. The number of aliphatic imine (C=N–C) groups is 1. The molecule has 0 aromatic heterocycles. The van der Waals surface area contributed by atoms with Crippen molar-refractivity contribution in [2.45, 2.75) is 19.3 Å². The molecule has 1 aliphatic heterocycles. The summed E-state index contributed by atoms with van der Waals surface area (Å²) in [7, 11) is 3.52. The summed E-state index contributed by atoms with van der Waals surface area (Å²) < 4.78 is 10.5. The Bertz CT molecular complexity index is 505. The largest absolute Gasteiger partial charge is 0.497 e. The van der Waals surface area contributed by atoms with Crippen molar-refractivity contribution in [1.29, 1.82) is 0 Å². The maximum Gasteiger partial charge on any atom is 0.191 e. The van der Waals surface area contributed by atoms with Gasteiger partial charge in [0.25, 0.3) is 0 Å². The molecule has 1 saturated heterocycles. The fourth-order valence-corrected chi connectivity index (χ4v) is 2.83. The molecule has 2 N–H and O–H groups in total. The van der Waals surface area contributed by atoms with E-state index in [1.807, 2.05) is 19.2 Å². The monoisotopic (exact) mass is 476 g/mol. The Hall–Kier alpha value is -1.06. The van der Waals surface area contributed by atoms with Crippen molar-refractivity contribution >= 4 is 29.9 Å². The first-order chi connectivity index (χ1) is 12.3. The number of ether oxygens (including phenoxy) is 2. The van der Waals surface area contributed by atoms with E-state index in [0.29, 0.717) is 0 Å². The second kappa shape index (κ2) is 14.1. The van der Waals surface area contributed by atoms with E-state index in [0.717, 1.165) is 76.9 Å². The van der Waals surface area contributed by atoms with Gasteiger partial charge in [-0.15, -0.1) is 24.0 Å². The number of unbranched alkanes of at least 4 members (excludes halogenated alkanes) is 1. The van der Waals surface area contributed by atoms with Gasteiger partial charge in [-0.1, -0.05) is 12.1 Å². The zero-order valence-corrected chi connectivity index (χ0v) is 18.3. The quantitative estimate of drug-likeness (QED) is 0.248. The minimum absolute atomic E-state index is 0. The fraction of sp³-hybridized carbons (Fsp3) is 0.632. The number of nitrogens with zero attached hydrogens (tertiary/aromatic N) is 2. The predicted molar refractivity (Wildman–Crippen MR) is 118 cm³/mol. The Kier molecular flexibility index (Phi) is 12.4. The molecule has 1 aliphatic rings. The van der Waals surface area contributed by atoms with Crippen molar-refractivity contribution in [3.05, 3.63) is 29.8 Å². The van der Waals surface area contributed by atoms with Crippen molar-refractivity contribution in [2.75, 3.05) is 60.1 Å². The summed E-state index contributed by atoms with van der Waals surface area (Å²) in [5.74, 6) is 1.80. The number of rotatable bonds is 9. The van der Waals surface area contributed by atoms with E-state index >= 15 is 0 Å². The first-order valence-electron chi connectivity index (χ1n) is 9.19. The molecule has 0 unspecified atom stereocenters. The number of halogens is 1. The highest BCUT2D eigenvalue weighted by Gasteiger charge is 2.09. The van der Waals surface area contributed by atoms with Crippen LogP contribution >= 0.6 is 24.0 Å². The third kappa shape index (κ3) is 9.05. The minimum atomic E-state index is 0. The highest BCUT2D eigenvalue weighted by Crippen LogP contribution is 2.12. The van der Waals surface area contributed by atoms with Crippen molar-refractivity contribution in [3.8, 4) is 5.75 Å². The van der Waals surface area contributed by atoms with Crippen LogP contribution < -0.4 is 15.4 Å². The molecule has 6 nitrogen and oxygen atoms in total. The first kappa shape index (κ1) is 23.0. The lowest BCUT2D eigenvalue weighted by molar-refractivity contribution is 0.0389. The highest BCUT2D eigenvalue weighted by atomic mass is 127. The normalized spacial score (nSPS) is 15.2. The van der Waals surface area contributed by atoms with E-state index in [-0.39, 0.29) is 24.0 Å². The summed E-state index contributed by atoms with van der Waals surface area (Å²) in [6.45, 7) is 6.63. The van der Waals surface area contributed by atoms with Gasteiger partial charge < -0.3 is 20.1 Å². The van der Waals surface area contributed by atoms with E-state index in [1.54, 1.807) is 7.11 Å². The van der Waals surface area contributed by atoms with Gasteiger partial charge in [-0.25, -0.2) is 0 Å². The Morgan fingerprint density at radius 3 is 2.46 bits per heavy atom. The number of hydrogen-bond donors (Lipinski definition) is 2. The van der Waals surface area contributed by atoms with Crippen LogP contribution in [0.5, 0.6) is 5.75 Å². The average Bonchev–Trinajstić information content (AvgIpc) is 2.67. The number of aryl methyl sites for hydroxylation is 1. The van der Waals surface area contributed by atoms with Crippen LogP contribution in [0.3, 0.4) is 0 Å². The molecule has 7 heteroatoms. The molecule has 0 bridgehead atoms. The van der Waals surface area contributed by atoms with Crippen LogP contribution in [0.2, 0.25) is 0 Å². The van der Waals surface area contributed by atoms with E-state index in [9.17, 15) is 0 Å². The molecule has 0 aliphatic carbocycles. The third-order valence-corrected chi connectivity index (χ3v) is 4.39. The maximum absolute atomic E-state index is 5.36. The average molecular weight is 476 g/mol. The third-order valence-electron chi connectivity index (χ3n) is 4.39. The van der Waals surface area contributed by atoms with Crippen LogP contribution in [0.4, 0.5) is 0 Å². The summed E-state index contributed by atoms with van der Waals surface area (Å²) in [5.41, 5.74) is 1.36. The Morgan fingerprint density at radius 2 is 1.81 bits per heavy atom. The second-order valence-electron chi connectivity index (χ2n) is 6.18. The molecular weight excluding hydrogens is 443 g/mol. The summed E-state index contributed by atoms with van der Waals surface area (Å²) in [6.07, 6.45) is 3.37. The molecule has 0 amide bonds. The smallest absolute Gasteiger partial charge is 0.191 e. The topological polar surface area (TPSA) is 58.1 Å². The molecule has 1 aromatic carbocycles. The lowest BCUT2D eigenvalue weighted by atomic mass is 10.1. The second-order valence-corrected chi connectivity index (χ2v) is 6.18. The standard InChI is InChI=1S/C19H32N4O2.HI/c1-20-19(22-11-12-23-13-15-25-16-14-23)21-10-4-3-5-17-6-8-18(24-2)9-7-17;/h6-9H,3-5,10-16H2,1-2H3,(H2,20,21,22);1H. The number of morpholine rings is 1. The molecule has 1 fully saturated rings. The molecule has 26 heavy (non-hydrogen) atoms. The SMILES string of the molecule is CN=C(NCCCCc1ccc(OC)cc1)NCCN1CCOCC1.I. The summed E-state index contributed by atoms with van der Waals surface area (Å²) >= 11 is 0. The lowest BCUT2D eigenvalue weighted by Gasteiger charge is -2.26. The van der Waals surface area contributed by atoms with Crippen LogP contribution in [0.15, 0.2) is 29.3 Å². The van der Waals surface area contributed by atoms with E-state index in [4.69, 9.17) is 9.47 Å². The number of hydrogen-bond acceptors (Lipinski definition) is 4. The van der Waals surface area contributed by atoms with E-state index in [2.05, 4.69) is 32.7 Å². The van der Waals surface area contributed by atoms with Crippen LogP contribution in [0.1, 0.15) is 18.4 Å². The molecule has 0 atom stereocenters. The maximum atomic E-state index is 5.36. The van der Waals surface area contributed by atoms with Gasteiger partial charge in [-0.05, 0) is 37.0 Å². The number of methoxy groups -OCH3 is 1. The van der Waals surface area contributed by atoms with Gasteiger partial charge in [0.1, 0.15) is 5.75 Å². The van der Waals surface area contributed by atoms with Crippen molar-refractivity contribution in [3.63, 3.8) is 0 Å². The number of benzene rings is 1. The summed E-state index contributed by atoms with van der Waals surface area (Å²) in [4.78, 5) is 6.70. The van der Waals surface area contributed by atoms with Crippen molar-refractivity contribution in [1.82, 2.24) is 15.5 Å². The molecule has 1 heterocycles. The van der Waals surface area contributed by atoms with Gasteiger partial charge in [0.2, 0.25) is 0 Å². The summed E-state index contributed by atoms with van der Waals surface area (Å²) in [6, 6.07) is 8.32. The van der Waals surface area contributed by atoms with Crippen molar-refractivity contribution in [2.24, 2.45) is 4.99 Å². The van der Waals surface area contributed by atoms with E-state index < -0.39 is 0 Å². The van der Waals surface area contributed by atoms with Gasteiger partial charge in [-0.2, -0.15) is 0 Å². The molecule has 148 valence electrons. The molecular formula is C19H33IN4O2. The van der Waals surface area contributed by atoms with Gasteiger partial charge in [0.05, 0.1) is 20.3 Å². The Labute approximate surface area is 174 Å². The first-order valence-corrected chi connectivity index (χ1v) is 9.19. The molecule has 0 saturated carbocycles. The van der Waals surface area contributed by atoms with Crippen molar-refractivity contribution < 1.29 is 9.47 Å². The zero-order chi connectivity index (χ0) is 17.7. The molecule has 1 aromatic rings. The van der Waals surface area contributed by atoms with Gasteiger partial charge in [0, 0.05) is 39.8 Å². The van der Waals surface area contributed by atoms with Crippen LogP contribution in [-0.4, -0.2) is 71.0 Å². The van der Waals surface area contributed by atoms with Gasteiger partial charge in [0.15, 0.2) is 5.96 Å².